The van der Waals surface area contributed by atoms with E-state index in [0.717, 1.165) is 15.7 Å². The van der Waals surface area contributed by atoms with Crippen molar-refractivity contribution in [1.29, 1.82) is 0 Å². The van der Waals surface area contributed by atoms with Crippen molar-refractivity contribution in [2.75, 3.05) is 87.1 Å². The third kappa shape index (κ3) is 26.7. The van der Waals surface area contributed by atoms with Gasteiger partial charge in [-0.3, -0.25) is 57.7 Å². The van der Waals surface area contributed by atoms with Crippen LogP contribution in [-0.2, 0) is 68.7 Å². The Kier molecular flexibility index (Phi) is 35.6. The van der Waals surface area contributed by atoms with Gasteiger partial charge in [-0.2, -0.15) is 0 Å². The highest BCUT2D eigenvalue weighted by atomic mass is 16.6. The molecule has 107 heavy (non-hydrogen) atoms. The van der Waals surface area contributed by atoms with E-state index in [0.29, 0.717) is 54.7 Å². The molecule has 3 aromatic rings. The van der Waals surface area contributed by atoms with E-state index in [4.69, 9.17) is 29.4 Å². The molecule has 2 aliphatic heterocycles. The molecule has 2 heterocycles. The SMILES string of the molecule is CC[C@H](C)[C@@H]([C@@H](CC(=O)N1C[C@@H](OC(=O)NCCNC(=O)OCc2ccc(NC(=O)[C@H](CCCNC(N)=O)CC(=O)[C@@H](NC(=O)CCCCCN3C(=O)C=CC3=O)C(C)C)cc2)C[C@H]1[C@H](OC)[C@@H](C)C(=O)NCC(=O)c1ccc2cc(OC)ccc2c1)OC)N(C)C(=O)[C@@H](NC(=O)[C@H](C(C)C)N(C)C)C(C)C. The van der Waals surface area contributed by atoms with Crippen molar-refractivity contribution < 1.29 is 86.0 Å². The fourth-order valence-corrected chi connectivity index (χ4v) is 13.6. The molecular formula is C77H114N12O18. The number of Topliss-reactive ketones (excluding diaryl/α,β-unsaturated/α-hetero) is 2. The lowest BCUT2D eigenvalue weighted by atomic mass is 9.89. The fraction of sp³-hybridized carbons (Fsp3) is 0.597. The summed E-state index contributed by atoms with van der Waals surface area (Å²) >= 11 is 0. The summed E-state index contributed by atoms with van der Waals surface area (Å²) in [6.07, 6.45) is 0.125. The predicted molar refractivity (Wildman–Crippen MR) is 401 cm³/mol. The van der Waals surface area contributed by atoms with Crippen molar-refractivity contribution in [3.63, 3.8) is 0 Å². The normalized spacial score (nSPS) is 16.8. The number of likely N-dealkylation sites (N-methyl/N-ethyl adjacent to an activating group) is 2. The largest absolute Gasteiger partial charge is 0.497 e. The number of nitrogens with zero attached hydrogens (tertiary/aromatic N) is 4. The van der Waals surface area contributed by atoms with Crippen molar-refractivity contribution in [2.24, 2.45) is 41.2 Å². The predicted octanol–water partition coefficient (Wildman–Crippen LogP) is 6.01. The van der Waals surface area contributed by atoms with Gasteiger partial charge >= 0.3 is 18.2 Å². The molecule has 1 saturated heterocycles. The molecule has 9 N–H and O–H groups in total. The lowest BCUT2D eigenvalue weighted by Crippen LogP contribution is -2.59. The molecule has 5 rings (SSSR count). The summed E-state index contributed by atoms with van der Waals surface area (Å²) < 4.78 is 28.9. The van der Waals surface area contributed by atoms with Crippen LogP contribution < -0.4 is 47.7 Å². The highest BCUT2D eigenvalue weighted by Gasteiger charge is 2.47. The van der Waals surface area contributed by atoms with Crippen LogP contribution in [0.25, 0.3) is 10.8 Å². The summed E-state index contributed by atoms with van der Waals surface area (Å²) in [4.78, 5) is 179. The van der Waals surface area contributed by atoms with Crippen LogP contribution in [-0.4, -0.2) is 227 Å². The van der Waals surface area contributed by atoms with Gasteiger partial charge in [0.05, 0.1) is 68.9 Å². The van der Waals surface area contributed by atoms with E-state index < -0.39 is 96.3 Å². The third-order valence-electron chi connectivity index (χ3n) is 19.6. The molecule has 0 aliphatic carbocycles. The lowest BCUT2D eigenvalue weighted by Gasteiger charge is -2.41. The van der Waals surface area contributed by atoms with Gasteiger partial charge in [-0.05, 0) is 110 Å². The van der Waals surface area contributed by atoms with Crippen LogP contribution in [0.5, 0.6) is 5.75 Å². The summed E-state index contributed by atoms with van der Waals surface area (Å²) in [7, 11) is 9.66. The number of likely N-dealkylation sites (tertiary alicyclic amines) is 1. The Morgan fingerprint density at radius 2 is 1.31 bits per heavy atom. The number of carbonyl (C=O) groups excluding carboxylic acids is 13. The topological polar surface area (TPSA) is 391 Å². The Morgan fingerprint density at radius 1 is 0.664 bits per heavy atom. The van der Waals surface area contributed by atoms with E-state index >= 15 is 4.79 Å². The van der Waals surface area contributed by atoms with Crippen molar-refractivity contribution in [1.82, 2.24) is 51.5 Å². The molecule has 30 nitrogen and oxygen atoms in total. The minimum atomic E-state index is -1.01. The number of ketones is 2. The minimum Gasteiger partial charge on any atom is -0.497 e. The molecule has 0 unspecified atom stereocenters. The number of primary amides is 1. The molecule has 590 valence electrons. The van der Waals surface area contributed by atoms with Crippen LogP contribution in [0, 0.1) is 35.5 Å². The van der Waals surface area contributed by atoms with Crippen LogP contribution in [0.4, 0.5) is 20.1 Å². The van der Waals surface area contributed by atoms with Gasteiger partial charge in [-0.1, -0.05) is 105 Å². The molecule has 2 aliphatic rings. The Bertz CT molecular complexity index is 3560. The molecule has 12 amide bonds. The van der Waals surface area contributed by atoms with E-state index in [2.05, 4.69) is 37.2 Å². The number of amides is 12. The standard InChI is InChI=1S/C77H114N12O18/c1-16-48(8)69(87(12)74(99)67(46(4)5)85-73(98)68(47(6)7)86(10)11)61(104-14)41-65(95)89-43-57(40-58(89)70(105-15)49(9)71(96)82-42-60(91)53-26-25-52-38-56(103-13)30-27-51(52)37-53)107-77(102)81-35-34-80-76(101)106-44-50-23-28-55(29-24-50)83-72(97)54(21-20-33-79-75(78)100)39-59(90)66(45(2)3)84-62(92)22-18-17-19-36-88-63(93)31-32-64(88)94/h23-32,37-38,45-49,54,57-58,61,66-70H,16-22,33-36,39-44H2,1-15H3,(H,80,101)(H,81,102)(H,82,96)(H,83,97)(H,84,92)(H,85,98)(H3,78,79,100)/t48-,49+,54+,57-,58-,61+,66-,67-,68-,69-,70+/m0/s1. The van der Waals surface area contributed by atoms with E-state index in [9.17, 15) is 57.5 Å². The van der Waals surface area contributed by atoms with Gasteiger partial charge in [0.2, 0.25) is 35.4 Å². The molecule has 3 aromatic carbocycles. The second-order valence-corrected chi connectivity index (χ2v) is 28.8. The molecule has 11 atom stereocenters. The van der Waals surface area contributed by atoms with Crippen LogP contribution in [0.2, 0.25) is 0 Å². The van der Waals surface area contributed by atoms with Gasteiger partial charge in [0.25, 0.3) is 11.8 Å². The number of methoxy groups -OCH3 is 3. The first-order valence-corrected chi connectivity index (χ1v) is 36.8. The summed E-state index contributed by atoms with van der Waals surface area (Å²) in [6, 6.07) is 12.4. The number of unbranched alkanes of at least 4 members (excludes halogenated alkanes) is 2. The number of benzene rings is 3. The molecular weight excluding hydrogens is 1380 g/mol. The van der Waals surface area contributed by atoms with Crippen LogP contribution in [0.3, 0.4) is 0 Å². The summed E-state index contributed by atoms with van der Waals surface area (Å²) in [6.45, 7) is 16.1. The number of urea groups is 1. The number of rotatable bonds is 44. The smallest absolute Gasteiger partial charge is 0.407 e. The molecule has 1 fully saturated rings. The zero-order chi connectivity index (χ0) is 79.4. The number of fused-ring (bicyclic) bond motifs is 1. The Morgan fingerprint density at radius 3 is 1.91 bits per heavy atom. The van der Waals surface area contributed by atoms with E-state index in [1.807, 2.05) is 58.6 Å². The van der Waals surface area contributed by atoms with E-state index in [-0.39, 0.29) is 143 Å². The quantitative estimate of drug-likeness (QED) is 0.0182. The first-order valence-electron chi connectivity index (χ1n) is 36.8. The molecule has 30 heteroatoms. The highest BCUT2D eigenvalue weighted by molar-refractivity contribution is 6.13. The minimum absolute atomic E-state index is 0.0132. The van der Waals surface area contributed by atoms with Gasteiger partial charge in [0.15, 0.2) is 11.6 Å². The Hall–Kier alpha value is -9.55. The average molecular weight is 1500 g/mol. The number of carbonyl (C=O) groups is 13. The third-order valence-corrected chi connectivity index (χ3v) is 19.6. The van der Waals surface area contributed by atoms with Crippen molar-refractivity contribution in [3.05, 3.63) is 83.9 Å². The second kappa shape index (κ2) is 43.3. The Balaban J connectivity index is 1.20. The summed E-state index contributed by atoms with van der Waals surface area (Å²) in [5.41, 5.74) is 6.54. The van der Waals surface area contributed by atoms with Crippen molar-refractivity contribution in [3.8, 4) is 5.75 Å². The first-order chi connectivity index (χ1) is 50.7. The van der Waals surface area contributed by atoms with Gasteiger partial charge in [-0.25, -0.2) is 14.4 Å². The van der Waals surface area contributed by atoms with E-state index in [1.165, 1.54) is 31.3 Å². The van der Waals surface area contributed by atoms with Gasteiger partial charge in [0.1, 0.15) is 24.5 Å². The number of ether oxygens (including phenoxy) is 5. The first kappa shape index (κ1) is 88.1. The molecule has 0 aromatic heterocycles. The number of nitrogens with two attached hydrogens (primary N) is 1. The Labute approximate surface area is 628 Å². The number of hydrogen-bond donors (Lipinski definition) is 8. The maximum absolute atomic E-state index is 15.1. The van der Waals surface area contributed by atoms with Gasteiger partial charge < -0.3 is 76.4 Å². The highest BCUT2D eigenvalue weighted by Crippen LogP contribution is 2.32. The molecule has 0 bridgehead atoms. The molecule has 0 saturated carbocycles. The van der Waals surface area contributed by atoms with Crippen molar-refractivity contribution in [2.45, 2.75) is 182 Å². The van der Waals surface area contributed by atoms with Crippen molar-refractivity contribution >= 4 is 93.5 Å². The maximum atomic E-state index is 15.1. The van der Waals surface area contributed by atoms with Gasteiger partial charge in [0, 0.05) is 96.0 Å². The zero-order valence-electron chi connectivity index (χ0n) is 64.7. The summed E-state index contributed by atoms with van der Waals surface area (Å²) in [5.74, 6) is -6.05. The molecule has 0 spiro atoms. The lowest BCUT2D eigenvalue weighted by molar-refractivity contribution is -0.148. The van der Waals surface area contributed by atoms with Crippen LogP contribution >= 0.6 is 0 Å². The monoisotopic (exact) mass is 1490 g/mol. The number of imide groups is 1. The zero-order valence-corrected chi connectivity index (χ0v) is 64.7. The average Bonchev–Trinajstić information content (AvgIpc) is 1.69. The van der Waals surface area contributed by atoms with Crippen LogP contribution in [0.15, 0.2) is 72.8 Å². The van der Waals surface area contributed by atoms with E-state index in [1.54, 1.807) is 102 Å². The number of alkyl carbamates (subject to hydrolysis) is 2. The fourth-order valence-electron chi connectivity index (χ4n) is 13.6. The van der Waals surface area contributed by atoms with Gasteiger partial charge in [-0.15, -0.1) is 0 Å². The van der Waals surface area contributed by atoms with Crippen LogP contribution in [0.1, 0.15) is 142 Å². The number of nitrogens with one attached hydrogen (secondary N) is 7. The summed E-state index contributed by atoms with van der Waals surface area (Å²) in [5, 5.41) is 20.7. The number of anilines is 1. The second-order valence-electron chi connectivity index (χ2n) is 28.8. The molecule has 0 radical (unpaired) electrons. The number of hydrogen-bond acceptors (Lipinski definition) is 19. The maximum Gasteiger partial charge on any atom is 0.407 e.